The van der Waals surface area contributed by atoms with Gasteiger partial charge in [-0.1, -0.05) is 72.6 Å². The summed E-state index contributed by atoms with van der Waals surface area (Å²) in [4.78, 5) is 0. The van der Waals surface area contributed by atoms with E-state index in [4.69, 9.17) is 0 Å². The van der Waals surface area contributed by atoms with Gasteiger partial charge in [-0.3, -0.25) is 0 Å². The second kappa shape index (κ2) is 8.59. The monoisotopic (exact) mass is 183 g/mol. The fourth-order valence-corrected chi connectivity index (χ4v) is 1.94. The van der Waals surface area contributed by atoms with Crippen molar-refractivity contribution in [2.45, 2.75) is 65.7 Å². The van der Waals surface area contributed by atoms with E-state index >= 15 is 0 Å². The van der Waals surface area contributed by atoms with Crippen LogP contribution in [0.2, 0.25) is 0 Å². The van der Waals surface area contributed by atoms with Crippen LogP contribution in [0.3, 0.4) is 0 Å². The molecular formula is C13H27. The molecule has 0 aromatic carbocycles. The molecule has 0 spiro atoms. The molecule has 0 nitrogen and oxygen atoms in total. The van der Waals surface area contributed by atoms with Gasteiger partial charge in [0.25, 0.3) is 0 Å². The lowest BCUT2D eigenvalue weighted by molar-refractivity contribution is 0.425. The molecule has 0 aliphatic carbocycles. The van der Waals surface area contributed by atoms with Crippen LogP contribution >= 0.6 is 0 Å². The van der Waals surface area contributed by atoms with Crippen LogP contribution in [0.1, 0.15) is 65.7 Å². The van der Waals surface area contributed by atoms with Crippen LogP contribution in [0.4, 0.5) is 0 Å². The quantitative estimate of drug-likeness (QED) is 0.505. The van der Waals surface area contributed by atoms with Crippen molar-refractivity contribution in [3.63, 3.8) is 0 Å². The molecule has 0 aliphatic heterocycles. The fourth-order valence-electron chi connectivity index (χ4n) is 1.94. The molecule has 0 aromatic rings. The molecule has 0 heterocycles. The van der Waals surface area contributed by atoms with Crippen LogP contribution in [-0.2, 0) is 0 Å². The number of hydrogen-bond donors (Lipinski definition) is 0. The normalized spacial score (nSPS) is 15.7. The minimum absolute atomic E-state index is 0.707. The Hall–Kier alpha value is 0. The summed E-state index contributed by atoms with van der Waals surface area (Å²) in [7, 11) is 0. The van der Waals surface area contributed by atoms with Gasteiger partial charge in [-0.15, -0.1) is 0 Å². The van der Waals surface area contributed by atoms with Crippen LogP contribution in [0.25, 0.3) is 0 Å². The van der Waals surface area contributed by atoms with E-state index in [0.717, 1.165) is 5.92 Å². The van der Waals surface area contributed by atoms with Gasteiger partial charge < -0.3 is 0 Å². The highest BCUT2D eigenvalue weighted by Gasteiger charge is 2.03. The van der Waals surface area contributed by atoms with Crippen LogP contribution in [-0.4, -0.2) is 0 Å². The maximum atomic E-state index is 4.17. The standard InChI is InChI=1S/C13H27/c1-5-8-12(3)10-7-11-13(4)9-6-2/h12-13H,3,5-11H2,1-2,4H3. The van der Waals surface area contributed by atoms with Crippen LogP contribution in [0, 0.1) is 18.8 Å². The van der Waals surface area contributed by atoms with Crippen molar-refractivity contribution >= 4 is 0 Å². The second-order valence-corrected chi connectivity index (χ2v) is 4.48. The third kappa shape index (κ3) is 8.33. The summed E-state index contributed by atoms with van der Waals surface area (Å²) in [6, 6.07) is 0. The average Bonchev–Trinajstić information content (AvgIpc) is 2.05. The third-order valence-electron chi connectivity index (χ3n) is 2.79. The number of rotatable bonds is 8. The van der Waals surface area contributed by atoms with E-state index in [1.807, 2.05) is 0 Å². The van der Waals surface area contributed by atoms with Gasteiger partial charge in [0, 0.05) is 0 Å². The highest BCUT2D eigenvalue weighted by Crippen LogP contribution is 2.18. The highest BCUT2D eigenvalue weighted by molar-refractivity contribution is 4.62. The van der Waals surface area contributed by atoms with Crippen LogP contribution in [0.5, 0.6) is 0 Å². The molecule has 0 N–H and O–H groups in total. The maximum Gasteiger partial charge on any atom is -0.0414 e. The van der Waals surface area contributed by atoms with Gasteiger partial charge in [0.2, 0.25) is 0 Å². The lowest BCUT2D eigenvalue weighted by atomic mass is 9.94. The van der Waals surface area contributed by atoms with Gasteiger partial charge in [-0.05, 0) is 11.8 Å². The first-order chi connectivity index (χ1) is 6.20. The Morgan fingerprint density at radius 3 is 2.08 bits per heavy atom. The molecule has 0 rings (SSSR count). The van der Waals surface area contributed by atoms with E-state index in [0.29, 0.717) is 5.92 Å². The first-order valence-electron chi connectivity index (χ1n) is 6.03. The molecule has 0 bridgehead atoms. The Morgan fingerprint density at radius 1 is 0.923 bits per heavy atom. The van der Waals surface area contributed by atoms with E-state index in [-0.39, 0.29) is 0 Å². The summed E-state index contributed by atoms with van der Waals surface area (Å²) in [5.74, 6) is 1.64. The maximum absolute atomic E-state index is 4.17. The molecule has 0 saturated carbocycles. The lowest BCUT2D eigenvalue weighted by Crippen LogP contribution is -1.98. The largest absolute Gasteiger partial charge is 0.0654 e. The number of hydrogen-bond acceptors (Lipinski definition) is 0. The summed E-state index contributed by atoms with van der Waals surface area (Å²) in [5, 5.41) is 0. The van der Waals surface area contributed by atoms with Gasteiger partial charge in [0.15, 0.2) is 0 Å². The Morgan fingerprint density at radius 2 is 1.54 bits per heavy atom. The van der Waals surface area contributed by atoms with Gasteiger partial charge in [0.05, 0.1) is 0 Å². The predicted octanol–water partition coefficient (Wildman–Crippen LogP) is 4.84. The van der Waals surface area contributed by atoms with E-state index in [2.05, 4.69) is 27.7 Å². The van der Waals surface area contributed by atoms with Crippen molar-refractivity contribution in [3.8, 4) is 0 Å². The summed E-state index contributed by atoms with van der Waals surface area (Å²) < 4.78 is 0. The Balaban J connectivity index is 3.23. The van der Waals surface area contributed by atoms with Crippen molar-refractivity contribution in [1.82, 2.24) is 0 Å². The first kappa shape index (κ1) is 13.0. The SMILES string of the molecule is [CH2]C(CCC)CCCC(C)CCC. The molecule has 0 aliphatic rings. The van der Waals surface area contributed by atoms with Crippen molar-refractivity contribution in [2.24, 2.45) is 11.8 Å². The molecule has 13 heavy (non-hydrogen) atoms. The Labute approximate surface area is 85.1 Å². The molecule has 0 fully saturated rings. The zero-order valence-electron chi connectivity index (χ0n) is 9.81. The molecule has 79 valence electrons. The Bertz CT molecular complexity index is 84.2. The third-order valence-corrected chi connectivity index (χ3v) is 2.79. The molecule has 1 radical (unpaired) electrons. The van der Waals surface area contributed by atoms with Gasteiger partial charge in [0.1, 0.15) is 0 Å². The molecule has 0 aromatic heterocycles. The van der Waals surface area contributed by atoms with Crippen molar-refractivity contribution in [3.05, 3.63) is 6.92 Å². The first-order valence-corrected chi connectivity index (χ1v) is 6.03. The van der Waals surface area contributed by atoms with E-state index in [1.165, 1.54) is 44.9 Å². The van der Waals surface area contributed by atoms with E-state index < -0.39 is 0 Å². The highest BCUT2D eigenvalue weighted by atomic mass is 14.1. The topological polar surface area (TPSA) is 0 Å². The van der Waals surface area contributed by atoms with Gasteiger partial charge in [-0.2, -0.15) is 0 Å². The van der Waals surface area contributed by atoms with E-state index in [9.17, 15) is 0 Å². The Kier molecular flexibility index (Phi) is 8.59. The fraction of sp³-hybridized carbons (Fsp3) is 0.923. The van der Waals surface area contributed by atoms with Crippen molar-refractivity contribution in [1.29, 1.82) is 0 Å². The van der Waals surface area contributed by atoms with E-state index in [1.54, 1.807) is 0 Å². The summed E-state index contributed by atoms with van der Waals surface area (Å²) in [5.41, 5.74) is 0. The molecule has 2 atom stereocenters. The zero-order chi connectivity index (χ0) is 10.1. The molecular weight excluding hydrogens is 156 g/mol. The summed E-state index contributed by atoms with van der Waals surface area (Å²) in [6.07, 6.45) is 9.46. The molecule has 0 saturated heterocycles. The minimum atomic E-state index is 0.707. The van der Waals surface area contributed by atoms with Crippen LogP contribution < -0.4 is 0 Å². The molecule has 2 unspecified atom stereocenters. The molecule has 0 heteroatoms. The van der Waals surface area contributed by atoms with Crippen molar-refractivity contribution in [2.75, 3.05) is 0 Å². The second-order valence-electron chi connectivity index (χ2n) is 4.48. The smallest absolute Gasteiger partial charge is 0.0414 e. The minimum Gasteiger partial charge on any atom is -0.0654 e. The predicted molar refractivity (Wildman–Crippen MR) is 61.7 cm³/mol. The summed E-state index contributed by atoms with van der Waals surface area (Å²) >= 11 is 0. The van der Waals surface area contributed by atoms with Gasteiger partial charge in [-0.25, -0.2) is 0 Å². The van der Waals surface area contributed by atoms with Crippen LogP contribution in [0.15, 0.2) is 0 Å². The van der Waals surface area contributed by atoms with Gasteiger partial charge >= 0.3 is 0 Å². The van der Waals surface area contributed by atoms with Crippen molar-refractivity contribution < 1.29 is 0 Å². The average molecular weight is 183 g/mol. The molecule has 0 amide bonds. The zero-order valence-corrected chi connectivity index (χ0v) is 9.81. The summed E-state index contributed by atoms with van der Waals surface area (Å²) in [6.45, 7) is 11.1. The lowest BCUT2D eigenvalue weighted by Gasteiger charge is -2.12.